The van der Waals surface area contributed by atoms with Gasteiger partial charge in [0.25, 0.3) is 0 Å². The maximum atomic E-state index is 12.4. The topological polar surface area (TPSA) is 54.9 Å². The molecule has 0 amide bonds. The van der Waals surface area contributed by atoms with Crippen molar-refractivity contribution in [2.45, 2.75) is 0 Å². The first kappa shape index (κ1) is 15.8. The highest BCUT2D eigenvalue weighted by atomic mass is 79.9. The first-order valence-corrected chi connectivity index (χ1v) is 9.72. The van der Waals surface area contributed by atoms with E-state index < -0.39 is 7.14 Å². The van der Waals surface area contributed by atoms with Gasteiger partial charge in [0.2, 0.25) is 5.28 Å². The summed E-state index contributed by atoms with van der Waals surface area (Å²) in [5.74, 6) is 0.378. The number of anilines is 2. The minimum atomic E-state index is -2.46. The minimum Gasteiger partial charge on any atom is -0.338 e. The molecule has 0 aliphatic carbocycles. The molecule has 8 heteroatoms. The van der Waals surface area contributed by atoms with Crippen LogP contribution in [0.1, 0.15) is 0 Å². The Kier molecular flexibility index (Phi) is 4.75. The molecule has 0 saturated heterocycles. The van der Waals surface area contributed by atoms with Crippen molar-refractivity contribution in [2.24, 2.45) is 0 Å². The number of nitrogens with zero attached hydrogens (tertiary/aromatic N) is 2. The standard InChI is InChI=1S/C12H11BrCl2N3OP/c1-20(2,19)10-5-7(13)3-4-9(10)17-11-8(14)6-16-12(15)18-11/h3-6H,1-2H3,(H,16,17,18). The van der Waals surface area contributed by atoms with Gasteiger partial charge in [-0.2, -0.15) is 4.98 Å². The maximum absolute atomic E-state index is 12.4. The molecule has 0 aliphatic rings. The van der Waals surface area contributed by atoms with Crippen LogP contribution in [0.5, 0.6) is 0 Å². The van der Waals surface area contributed by atoms with E-state index >= 15 is 0 Å². The Morgan fingerprint density at radius 3 is 2.65 bits per heavy atom. The van der Waals surface area contributed by atoms with Gasteiger partial charge in [-0.25, -0.2) is 4.98 Å². The zero-order valence-corrected chi connectivity index (χ0v) is 14.7. The zero-order chi connectivity index (χ0) is 14.9. The molecule has 20 heavy (non-hydrogen) atoms. The molecular formula is C12H11BrCl2N3OP. The molecule has 0 saturated carbocycles. The summed E-state index contributed by atoms with van der Waals surface area (Å²) in [5.41, 5.74) is 0.679. The van der Waals surface area contributed by atoms with E-state index in [-0.39, 0.29) is 5.28 Å². The number of nitrogens with one attached hydrogen (secondary N) is 1. The van der Waals surface area contributed by atoms with Crippen molar-refractivity contribution in [2.75, 3.05) is 18.6 Å². The molecule has 0 fully saturated rings. The van der Waals surface area contributed by atoms with Crippen LogP contribution in [-0.4, -0.2) is 23.3 Å². The smallest absolute Gasteiger partial charge is 0.224 e. The Morgan fingerprint density at radius 1 is 1.30 bits per heavy atom. The van der Waals surface area contributed by atoms with E-state index in [4.69, 9.17) is 23.2 Å². The van der Waals surface area contributed by atoms with Crippen LogP contribution in [0.3, 0.4) is 0 Å². The summed E-state index contributed by atoms with van der Waals surface area (Å²) in [6, 6.07) is 5.48. The molecule has 4 nitrogen and oxygen atoms in total. The molecule has 1 aromatic carbocycles. The Morgan fingerprint density at radius 2 is 2.00 bits per heavy atom. The first-order chi connectivity index (χ1) is 9.27. The van der Waals surface area contributed by atoms with Crippen molar-refractivity contribution in [1.82, 2.24) is 9.97 Å². The molecule has 1 aromatic heterocycles. The van der Waals surface area contributed by atoms with Crippen LogP contribution in [0.25, 0.3) is 0 Å². The molecule has 0 unspecified atom stereocenters. The number of aromatic nitrogens is 2. The van der Waals surface area contributed by atoms with Gasteiger partial charge in [0.1, 0.15) is 12.2 Å². The molecule has 0 radical (unpaired) electrons. The summed E-state index contributed by atoms with van der Waals surface area (Å²) in [5, 5.41) is 4.19. The number of benzene rings is 1. The third kappa shape index (κ3) is 3.73. The van der Waals surface area contributed by atoms with E-state index in [2.05, 4.69) is 31.2 Å². The lowest BCUT2D eigenvalue weighted by atomic mass is 10.3. The summed E-state index contributed by atoms with van der Waals surface area (Å²) in [4.78, 5) is 7.81. The summed E-state index contributed by atoms with van der Waals surface area (Å²) >= 11 is 15.2. The van der Waals surface area contributed by atoms with E-state index in [0.717, 1.165) is 4.47 Å². The van der Waals surface area contributed by atoms with Crippen molar-refractivity contribution < 1.29 is 4.57 Å². The first-order valence-electron chi connectivity index (χ1n) is 5.57. The molecule has 106 valence electrons. The van der Waals surface area contributed by atoms with Crippen molar-refractivity contribution >= 4 is 63.1 Å². The molecular weight excluding hydrogens is 384 g/mol. The van der Waals surface area contributed by atoms with Gasteiger partial charge in [-0.3, -0.25) is 0 Å². The van der Waals surface area contributed by atoms with E-state index in [1.165, 1.54) is 6.20 Å². The monoisotopic (exact) mass is 393 g/mol. The Balaban J connectivity index is 2.49. The molecule has 2 rings (SSSR count). The third-order valence-electron chi connectivity index (χ3n) is 2.51. The fourth-order valence-corrected chi connectivity index (χ4v) is 3.59. The third-order valence-corrected chi connectivity index (χ3v) is 4.99. The summed E-state index contributed by atoms with van der Waals surface area (Å²) in [6.07, 6.45) is 1.41. The SMILES string of the molecule is CP(C)(=O)c1cc(Br)ccc1Nc1nc(Cl)ncc1Cl. The van der Waals surface area contributed by atoms with Crippen LogP contribution >= 0.6 is 46.3 Å². The zero-order valence-electron chi connectivity index (χ0n) is 10.7. The van der Waals surface area contributed by atoms with Gasteiger partial charge in [-0.05, 0) is 43.1 Å². The van der Waals surface area contributed by atoms with Crippen LogP contribution < -0.4 is 10.6 Å². The Labute approximate surface area is 135 Å². The van der Waals surface area contributed by atoms with Crippen LogP contribution in [0.4, 0.5) is 11.5 Å². The Bertz CT molecular complexity index is 705. The van der Waals surface area contributed by atoms with Gasteiger partial charge in [-0.1, -0.05) is 27.5 Å². The van der Waals surface area contributed by atoms with Crippen LogP contribution in [0.2, 0.25) is 10.3 Å². The second-order valence-electron chi connectivity index (χ2n) is 4.47. The average Bonchev–Trinajstić information content (AvgIpc) is 2.34. The number of hydrogen-bond acceptors (Lipinski definition) is 4. The highest BCUT2D eigenvalue weighted by Crippen LogP contribution is 2.39. The fourth-order valence-electron chi connectivity index (χ4n) is 1.62. The van der Waals surface area contributed by atoms with Gasteiger partial charge >= 0.3 is 0 Å². The number of halogens is 3. The number of hydrogen-bond donors (Lipinski definition) is 1. The summed E-state index contributed by atoms with van der Waals surface area (Å²) in [7, 11) is -2.46. The molecule has 0 bridgehead atoms. The molecule has 0 aliphatic heterocycles. The van der Waals surface area contributed by atoms with Gasteiger partial charge < -0.3 is 9.88 Å². The molecule has 0 atom stereocenters. The second-order valence-corrected chi connectivity index (χ2v) is 9.32. The lowest BCUT2D eigenvalue weighted by Gasteiger charge is -2.15. The molecule has 0 spiro atoms. The minimum absolute atomic E-state index is 0.0896. The van der Waals surface area contributed by atoms with Crippen LogP contribution in [0, 0.1) is 0 Å². The summed E-state index contributed by atoms with van der Waals surface area (Å²) in [6.45, 7) is 3.41. The lowest BCUT2D eigenvalue weighted by Crippen LogP contribution is -2.10. The predicted molar refractivity (Wildman–Crippen MR) is 88.6 cm³/mol. The normalized spacial score (nSPS) is 11.4. The summed E-state index contributed by atoms with van der Waals surface area (Å²) < 4.78 is 13.2. The van der Waals surface area contributed by atoms with Gasteiger partial charge in [0, 0.05) is 9.78 Å². The largest absolute Gasteiger partial charge is 0.338 e. The van der Waals surface area contributed by atoms with Crippen LogP contribution in [-0.2, 0) is 4.57 Å². The van der Waals surface area contributed by atoms with E-state index in [1.807, 2.05) is 18.2 Å². The highest BCUT2D eigenvalue weighted by molar-refractivity contribution is 9.10. The van der Waals surface area contributed by atoms with Gasteiger partial charge in [-0.15, -0.1) is 0 Å². The van der Waals surface area contributed by atoms with Crippen molar-refractivity contribution in [3.63, 3.8) is 0 Å². The van der Waals surface area contributed by atoms with Crippen LogP contribution in [0.15, 0.2) is 28.9 Å². The quantitative estimate of drug-likeness (QED) is 0.613. The second kappa shape index (κ2) is 6.02. The fraction of sp³-hybridized carbons (Fsp3) is 0.167. The highest BCUT2D eigenvalue weighted by Gasteiger charge is 2.18. The van der Waals surface area contributed by atoms with Gasteiger partial charge in [0.15, 0.2) is 5.82 Å². The van der Waals surface area contributed by atoms with E-state index in [9.17, 15) is 4.57 Å². The molecule has 1 heterocycles. The average molecular weight is 395 g/mol. The predicted octanol–water partition coefficient (Wildman–Crippen LogP) is 4.54. The van der Waals surface area contributed by atoms with E-state index in [1.54, 1.807) is 13.3 Å². The van der Waals surface area contributed by atoms with Crippen molar-refractivity contribution in [1.29, 1.82) is 0 Å². The maximum Gasteiger partial charge on any atom is 0.224 e. The van der Waals surface area contributed by atoms with Crippen molar-refractivity contribution in [3.8, 4) is 0 Å². The lowest BCUT2D eigenvalue weighted by molar-refractivity contribution is 0.588. The molecule has 1 N–H and O–H groups in total. The van der Waals surface area contributed by atoms with Gasteiger partial charge in [0.05, 0.1) is 11.9 Å². The molecule has 2 aromatic rings. The van der Waals surface area contributed by atoms with E-state index in [0.29, 0.717) is 21.8 Å². The van der Waals surface area contributed by atoms with Crippen molar-refractivity contribution in [3.05, 3.63) is 39.2 Å². The Hall–Kier alpha value is -0.610. The number of rotatable bonds is 3.